The summed E-state index contributed by atoms with van der Waals surface area (Å²) in [6, 6.07) is 15.0. The zero-order chi connectivity index (χ0) is 18.6. The van der Waals surface area contributed by atoms with Crippen molar-refractivity contribution in [2.75, 3.05) is 19.8 Å². The number of aromatic nitrogens is 2. The van der Waals surface area contributed by atoms with Crippen LogP contribution in [0, 0.1) is 0 Å². The molecule has 1 aromatic carbocycles. The SMILES string of the molecule is CSc1cccc(CN(C)Cc2cc3n(n2)CCN(Cc2ccco2)C3)c1. The molecule has 6 heteroatoms. The van der Waals surface area contributed by atoms with Crippen LogP contribution in [-0.2, 0) is 32.7 Å². The summed E-state index contributed by atoms with van der Waals surface area (Å²) in [6.07, 6.45) is 3.86. The van der Waals surface area contributed by atoms with Gasteiger partial charge in [-0.05, 0) is 49.2 Å². The molecule has 0 spiro atoms. The summed E-state index contributed by atoms with van der Waals surface area (Å²) in [5.74, 6) is 1.02. The van der Waals surface area contributed by atoms with Gasteiger partial charge in [-0.15, -0.1) is 11.8 Å². The van der Waals surface area contributed by atoms with Crippen LogP contribution in [0.4, 0.5) is 0 Å². The smallest absolute Gasteiger partial charge is 0.117 e. The van der Waals surface area contributed by atoms with Crippen LogP contribution in [0.15, 0.2) is 58.0 Å². The van der Waals surface area contributed by atoms with Crippen LogP contribution in [0.25, 0.3) is 0 Å². The largest absolute Gasteiger partial charge is 0.468 e. The molecule has 27 heavy (non-hydrogen) atoms. The van der Waals surface area contributed by atoms with Gasteiger partial charge in [0.25, 0.3) is 0 Å². The van der Waals surface area contributed by atoms with E-state index in [1.54, 1.807) is 18.0 Å². The number of hydrogen-bond donors (Lipinski definition) is 0. The molecule has 0 fully saturated rings. The maximum absolute atomic E-state index is 5.48. The molecule has 0 unspecified atom stereocenters. The third-order valence-corrected chi connectivity index (χ3v) is 5.63. The van der Waals surface area contributed by atoms with Crippen LogP contribution in [-0.4, -0.2) is 39.4 Å². The lowest BCUT2D eigenvalue weighted by Gasteiger charge is -2.26. The summed E-state index contributed by atoms with van der Waals surface area (Å²) < 4.78 is 7.65. The first-order valence-electron chi connectivity index (χ1n) is 9.31. The lowest BCUT2D eigenvalue weighted by atomic mass is 10.2. The molecule has 142 valence electrons. The monoisotopic (exact) mass is 382 g/mol. The van der Waals surface area contributed by atoms with Gasteiger partial charge in [-0.2, -0.15) is 5.10 Å². The van der Waals surface area contributed by atoms with Crippen molar-refractivity contribution in [1.82, 2.24) is 19.6 Å². The molecule has 0 atom stereocenters. The van der Waals surface area contributed by atoms with Crippen LogP contribution in [0.3, 0.4) is 0 Å². The highest BCUT2D eigenvalue weighted by Crippen LogP contribution is 2.19. The fourth-order valence-corrected chi connectivity index (χ4v) is 4.11. The molecule has 0 aliphatic carbocycles. The molecule has 0 saturated carbocycles. The van der Waals surface area contributed by atoms with Crippen molar-refractivity contribution in [3.63, 3.8) is 0 Å². The van der Waals surface area contributed by atoms with Crippen molar-refractivity contribution in [2.24, 2.45) is 0 Å². The summed E-state index contributed by atoms with van der Waals surface area (Å²) in [7, 11) is 2.16. The lowest BCUT2D eigenvalue weighted by Crippen LogP contribution is -2.33. The minimum Gasteiger partial charge on any atom is -0.468 e. The van der Waals surface area contributed by atoms with E-state index in [0.717, 1.165) is 50.7 Å². The van der Waals surface area contributed by atoms with Gasteiger partial charge in [0, 0.05) is 31.1 Å². The molecule has 3 heterocycles. The molecule has 0 N–H and O–H groups in total. The predicted octanol–water partition coefficient (Wildman–Crippen LogP) is 3.85. The van der Waals surface area contributed by atoms with Crippen LogP contribution in [0.5, 0.6) is 0 Å². The first-order chi connectivity index (χ1) is 13.2. The Morgan fingerprint density at radius 1 is 1.15 bits per heavy atom. The van der Waals surface area contributed by atoms with Gasteiger partial charge in [-0.1, -0.05) is 12.1 Å². The van der Waals surface area contributed by atoms with Gasteiger partial charge in [0.1, 0.15) is 5.76 Å². The second-order valence-electron chi connectivity index (χ2n) is 7.16. The van der Waals surface area contributed by atoms with Gasteiger partial charge >= 0.3 is 0 Å². The molecule has 3 aromatic rings. The zero-order valence-electron chi connectivity index (χ0n) is 16.0. The molecule has 1 aliphatic heterocycles. The van der Waals surface area contributed by atoms with Gasteiger partial charge in [-0.3, -0.25) is 14.5 Å². The van der Waals surface area contributed by atoms with Gasteiger partial charge in [0.15, 0.2) is 0 Å². The van der Waals surface area contributed by atoms with Crippen molar-refractivity contribution < 1.29 is 4.42 Å². The van der Waals surface area contributed by atoms with E-state index in [4.69, 9.17) is 9.52 Å². The van der Waals surface area contributed by atoms with E-state index in [1.165, 1.54) is 16.2 Å². The Morgan fingerprint density at radius 3 is 2.89 bits per heavy atom. The Morgan fingerprint density at radius 2 is 2.07 bits per heavy atom. The molecule has 4 rings (SSSR count). The minimum atomic E-state index is 0.860. The number of nitrogens with zero attached hydrogens (tertiary/aromatic N) is 4. The fourth-order valence-electron chi connectivity index (χ4n) is 3.63. The lowest BCUT2D eigenvalue weighted by molar-refractivity contribution is 0.190. The van der Waals surface area contributed by atoms with E-state index in [0.29, 0.717) is 0 Å². The molecular formula is C21H26N4OS. The van der Waals surface area contributed by atoms with Crippen LogP contribution >= 0.6 is 11.8 Å². The Hall–Kier alpha value is -2.02. The molecule has 5 nitrogen and oxygen atoms in total. The van der Waals surface area contributed by atoms with Crippen molar-refractivity contribution in [3.8, 4) is 0 Å². The highest BCUT2D eigenvalue weighted by molar-refractivity contribution is 7.98. The number of furan rings is 1. The fraction of sp³-hybridized carbons (Fsp3) is 0.381. The van der Waals surface area contributed by atoms with Crippen molar-refractivity contribution in [3.05, 3.63) is 71.4 Å². The van der Waals surface area contributed by atoms with Crippen LogP contribution in [0.1, 0.15) is 22.7 Å². The van der Waals surface area contributed by atoms with Crippen molar-refractivity contribution in [2.45, 2.75) is 37.6 Å². The van der Waals surface area contributed by atoms with Crippen LogP contribution < -0.4 is 0 Å². The Balaban J connectivity index is 1.36. The van der Waals surface area contributed by atoms with E-state index in [2.05, 4.69) is 58.1 Å². The Bertz CT molecular complexity index is 874. The number of fused-ring (bicyclic) bond motifs is 1. The normalized spacial score (nSPS) is 14.6. The molecule has 0 bridgehead atoms. The average molecular weight is 383 g/mol. The summed E-state index contributed by atoms with van der Waals surface area (Å²) in [5.41, 5.74) is 3.78. The van der Waals surface area contributed by atoms with E-state index < -0.39 is 0 Å². The van der Waals surface area contributed by atoms with Gasteiger partial charge in [0.2, 0.25) is 0 Å². The number of rotatable bonds is 7. The predicted molar refractivity (Wildman–Crippen MR) is 108 cm³/mol. The van der Waals surface area contributed by atoms with Crippen molar-refractivity contribution >= 4 is 11.8 Å². The quantitative estimate of drug-likeness (QED) is 0.580. The molecule has 0 saturated heterocycles. The zero-order valence-corrected chi connectivity index (χ0v) is 16.8. The third kappa shape index (κ3) is 4.64. The van der Waals surface area contributed by atoms with E-state index in [-0.39, 0.29) is 0 Å². The number of benzene rings is 1. The maximum atomic E-state index is 5.48. The van der Waals surface area contributed by atoms with Gasteiger partial charge in [0.05, 0.1) is 30.7 Å². The first kappa shape index (κ1) is 18.3. The van der Waals surface area contributed by atoms with E-state index in [1.807, 2.05) is 12.1 Å². The summed E-state index contributed by atoms with van der Waals surface area (Å²) in [4.78, 5) is 6.06. The summed E-state index contributed by atoms with van der Waals surface area (Å²) >= 11 is 1.79. The van der Waals surface area contributed by atoms with E-state index >= 15 is 0 Å². The highest BCUT2D eigenvalue weighted by atomic mass is 32.2. The second-order valence-corrected chi connectivity index (χ2v) is 8.04. The standard InChI is InChI=1S/C21H26N4OS/c1-23(13-17-5-3-7-21(11-17)27-2)14-18-12-19-15-24(8-9-25(19)22-18)16-20-6-4-10-26-20/h3-7,10-12H,8-9,13-16H2,1-2H3. The Kier molecular flexibility index (Phi) is 5.66. The number of hydrogen-bond acceptors (Lipinski definition) is 5. The number of thioether (sulfide) groups is 1. The highest BCUT2D eigenvalue weighted by Gasteiger charge is 2.19. The van der Waals surface area contributed by atoms with Gasteiger partial charge in [-0.25, -0.2) is 0 Å². The average Bonchev–Trinajstić information content (AvgIpc) is 3.30. The van der Waals surface area contributed by atoms with Crippen LogP contribution in [0.2, 0.25) is 0 Å². The topological polar surface area (TPSA) is 37.4 Å². The molecule has 0 amide bonds. The van der Waals surface area contributed by atoms with Gasteiger partial charge < -0.3 is 4.42 Å². The summed E-state index contributed by atoms with van der Waals surface area (Å²) in [6.45, 7) is 5.52. The Labute approximate surface area is 165 Å². The first-order valence-corrected chi connectivity index (χ1v) is 10.5. The molecule has 0 radical (unpaired) electrons. The molecular weight excluding hydrogens is 356 g/mol. The molecule has 2 aromatic heterocycles. The van der Waals surface area contributed by atoms with E-state index in [9.17, 15) is 0 Å². The summed E-state index contributed by atoms with van der Waals surface area (Å²) in [5, 5.41) is 4.82. The minimum absolute atomic E-state index is 0.860. The molecule has 1 aliphatic rings. The van der Waals surface area contributed by atoms with Crippen molar-refractivity contribution in [1.29, 1.82) is 0 Å². The third-order valence-electron chi connectivity index (χ3n) is 4.91. The maximum Gasteiger partial charge on any atom is 0.117 e. The second kappa shape index (κ2) is 8.33.